The molecule has 0 bridgehead atoms. The number of aryl methyl sites for hydroxylation is 2. The number of hydrogen-bond acceptors (Lipinski definition) is 8. The monoisotopic (exact) mass is 418 g/mol. The van der Waals surface area contributed by atoms with Crippen molar-refractivity contribution in [3.8, 4) is 10.8 Å². The number of hydrogen-bond donors (Lipinski definition) is 1. The molecule has 0 spiro atoms. The van der Waals surface area contributed by atoms with E-state index in [1.807, 2.05) is 44.2 Å². The Bertz CT molecular complexity index is 1500. The molecule has 0 aliphatic carbocycles. The minimum Gasteiger partial charge on any atom is -0.422 e. The third-order valence-corrected chi connectivity index (χ3v) is 5.69. The Morgan fingerprint density at radius 2 is 1.87 bits per heavy atom. The summed E-state index contributed by atoms with van der Waals surface area (Å²) in [5.74, 6) is -0.434. The van der Waals surface area contributed by atoms with E-state index in [2.05, 4.69) is 20.5 Å². The maximum Gasteiger partial charge on any atom is 0.349 e. The highest BCUT2D eigenvalue weighted by atomic mass is 32.1. The van der Waals surface area contributed by atoms with E-state index in [-0.39, 0.29) is 17.5 Å². The number of benzene rings is 2. The second-order valence-corrected chi connectivity index (χ2v) is 7.86. The van der Waals surface area contributed by atoms with Crippen molar-refractivity contribution in [3.05, 3.63) is 69.1 Å². The molecule has 30 heavy (non-hydrogen) atoms. The lowest BCUT2D eigenvalue weighted by atomic mass is 10.0. The molecule has 9 heteroatoms. The zero-order valence-corrected chi connectivity index (χ0v) is 16.7. The van der Waals surface area contributed by atoms with Crippen molar-refractivity contribution in [2.24, 2.45) is 0 Å². The Morgan fingerprint density at radius 3 is 2.67 bits per heavy atom. The summed E-state index contributed by atoms with van der Waals surface area (Å²) in [6.07, 6.45) is 0. The number of thiazole rings is 1. The first-order chi connectivity index (χ1) is 14.5. The third kappa shape index (κ3) is 3.05. The molecule has 0 atom stereocenters. The molecule has 0 aliphatic heterocycles. The van der Waals surface area contributed by atoms with Gasteiger partial charge in [-0.05, 0) is 36.8 Å². The van der Waals surface area contributed by atoms with Crippen molar-refractivity contribution in [1.29, 1.82) is 0 Å². The van der Waals surface area contributed by atoms with Crippen LogP contribution in [0.1, 0.15) is 21.1 Å². The van der Waals surface area contributed by atoms with Crippen LogP contribution in [0.3, 0.4) is 0 Å². The fourth-order valence-corrected chi connectivity index (χ4v) is 4.13. The SMILES string of the molecule is Cc1nc(C)c(-c2nnc(NC(=O)c3cc4c(ccc5ccccc54)oc3=O)o2)s1. The molecule has 1 amide bonds. The summed E-state index contributed by atoms with van der Waals surface area (Å²) in [5, 5.41) is 13.7. The molecule has 0 aliphatic rings. The number of aromatic nitrogens is 3. The number of anilines is 1. The summed E-state index contributed by atoms with van der Waals surface area (Å²) in [6.45, 7) is 3.72. The van der Waals surface area contributed by atoms with Gasteiger partial charge in [0.2, 0.25) is 0 Å². The maximum atomic E-state index is 12.7. The van der Waals surface area contributed by atoms with Gasteiger partial charge in [-0.3, -0.25) is 10.1 Å². The highest BCUT2D eigenvalue weighted by molar-refractivity contribution is 7.15. The average Bonchev–Trinajstić information content (AvgIpc) is 3.32. The number of amides is 1. The first-order valence-corrected chi connectivity index (χ1v) is 9.86. The van der Waals surface area contributed by atoms with Crippen LogP contribution >= 0.6 is 11.3 Å². The summed E-state index contributed by atoms with van der Waals surface area (Å²) in [4.78, 5) is 30.2. The van der Waals surface area contributed by atoms with Gasteiger partial charge in [-0.2, -0.15) is 0 Å². The quantitative estimate of drug-likeness (QED) is 0.343. The maximum absolute atomic E-state index is 12.7. The molecule has 0 unspecified atom stereocenters. The van der Waals surface area contributed by atoms with Gasteiger partial charge in [0.05, 0.1) is 10.7 Å². The second kappa shape index (κ2) is 6.89. The van der Waals surface area contributed by atoms with Gasteiger partial charge in [0.25, 0.3) is 11.8 Å². The Morgan fingerprint density at radius 1 is 1.03 bits per heavy atom. The average molecular weight is 418 g/mol. The van der Waals surface area contributed by atoms with Crippen LogP contribution < -0.4 is 10.9 Å². The van der Waals surface area contributed by atoms with E-state index in [9.17, 15) is 9.59 Å². The third-order valence-electron chi connectivity index (χ3n) is 4.63. The van der Waals surface area contributed by atoms with E-state index < -0.39 is 11.5 Å². The van der Waals surface area contributed by atoms with Crippen molar-refractivity contribution in [2.75, 3.05) is 5.32 Å². The van der Waals surface area contributed by atoms with Crippen molar-refractivity contribution >= 4 is 45.0 Å². The fraction of sp³-hybridized carbons (Fsp3) is 0.0952. The molecule has 0 saturated heterocycles. The van der Waals surface area contributed by atoms with E-state index in [0.29, 0.717) is 11.0 Å². The standard InChI is InChI=1S/C21H14N4O4S/c1-10-17(30-11(2)22-10)19-24-25-21(29-19)23-18(26)15-9-14-13-6-4-3-5-12(13)7-8-16(14)28-20(15)27/h3-9H,1-2H3,(H,23,25,26). The highest BCUT2D eigenvalue weighted by Crippen LogP contribution is 2.29. The molecule has 2 aromatic carbocycles. The predicted molar refractivity (Wildman–Crippen MR) is 113 cm³/mol. The Labute approximate surface area is 173 Å². The Hall–Kier alpha value is -3.85. The minimum atomic E-state index is -0.746. The number of nitrogens with zero attached hydrogens (tertiary/aromatic N) is 3. The minimum absolute atomic E-state index is 0.113. The molecule has 3 aromatic heterocycles. The van der Waals surface area contributed by atoms with Crippen molar-refractivity contribution < 1.29 is 13.6 Å². The molecule has 0 radical (unpaired) electrons. The van der Waals surface area contributed by atoms with Gasteiger partial charge < -0.3 is 8.83 Å². The molecule has 3 heterocycles. The van der Waals surface area contributed by atoms with Gasteiger partial charge in [-0.25, -0.2) is 9.78 Å². The lowest BCUT2D eigenvalue weighted by Crippen LogP contribution is -2.20. The summed E-state index contributed by atoms with van der Waals surface area (Å²) in [5.41, 5.74) is 0.278. The van der Waals surface area contributed by atoms with Gasteiger partial charge in [-0.1, -0.05) is 35.4 Å². The van der Waals surface area contributed by atoms with Crippen LogP contribution in [-0.4, -0.2) is 21.1 Å². The molecule has 148 valence electrons. The molecule has 0 fully saturated rings. The smallest absolute Gasteiger partial charge is 0.349 e. The van der Waals surface area contributed by atoms with Crippen LogP contribution in [0, 0.1) is 13.8 Å². The molecular weight excluding hydrogens is 404 g/mol. The van der Waals surface area contributed by atoms with Gasteiger partial charge in [0, 0.05) is 5.39 Å². The molecule has 1 N–H and O–H groups in total. The van der Waals surface area contributed by atoms with Crippen LogP contribution in [0.25, 0.3) is 32.5 Å². The molecule has 8 nitrogen and oxygen atoms in total. The Kier molecular flexibility index (Phi) is 4.18. The Balaban J connectivity index is 1.51. The lowest BCUT2D eigenvalue weighted by Gasteiger charge is -2.05. The van der Waals surface area contributed by atoms with Crippen LogP contribution in [0.15, 0.2) is 56.1 Å². The van der Waals surface area contributed by atoms with Crippen molar-refractivity contribution in [1.82, 2.24) is 15.2 Å². The zero-order chi connectivity index (χ0) is 20.8. The predicted octanol–water partition coefficient (Wildman–Crippen LogP) is 4.32. The van der Waals surface area contributed by atoms with Crippen LogP contribution in [0.5, 0.6) is 0 Å². The van der Waals surface area contributed by atoms with Gasteiger partial charge in [0.15, 0.2) is 0 Å². The van der Waals surface area contributed by atoms with E-state index in [4.69, 9.17) is 8.83 Å². The summed E-state index contributed by atoms with van der Waals surface area (Å²) < 4.78 is 10.9. The van der Waals surface area contributed by atoms with E-state index in [1.54, 1.807) is 6.07 Å². The highest BCUT2D eigenvalue weighted by Gasteiger charge is 2.19. The normalized spacial score (nSPS) is 11.3. The molecule has 5 rings (SSSR count). The molecule has 5 aromatic rings. The van der Waals surface area contributed by atoms with Crippen LogP contribution in [0.4, 0.5) is 6.01 Å². The number of nitrogens with one attached hydrogen (secondary N) is 1. The van der Waals surface area contributed by atoms with Crippen molar-refractivity contribution in [3.63, 3.8) is 0 Å². The number of rotatable bonds is 3. The summed E-state index contributed by atoms with van der Waals surface area (Å²) >= 11 is 1.42. The summed E-state index contributed by atoms with van der Waals surface area (Å²) in [6, 6.07) is 12.6. The topological polar surface area (TPSA) is 111 Å². The van der Waals surface area contributed by atoms with Crippen molar-refractivity contribution in [2.45, 2.75) is 13.8 Å². The van der Waals surface area contributed by atoms with E-state index >= 15 is 0 Å². The van der Waals surface area contributed by atoms with Gasteiger partial charge in [0.1, 0.15) is 16.0 Å². The van der Waals surface area contributed by atoms with Gasteiger partial charge >= 0.3 is 11.6 Å². The summed E-state index contributed by atoms with van der Waals surface area (Å²) in [7, 11) is 0. The first kappa shape index (κ1) is 18.2. The zero-order valence-electron chi connectivity index (χ0n) is 15.9. The molecule has 0 saturated carbocycles. The van der Waals surface area contributed by atoms with Crippen LogP contribution in [0.2, 0.25) is 0 Å². The fourth-order valence-electron chi connectivity index (χ4n) is 3.29. The number of carbonyl (C=O) groups is 1. The largest absolute Gasteiger partial charge is 0.422 e. The number of carbonyl (C=O) groups excluding carboxylic acids is 1. The lowest BCUT2D eigenvalue weighted by molar-refractivity contribution is 0.102. The first-order valence-electron chi connectivity index (χ1n) is 9.04. The second-order valence-electron chi connectivity index (χ2n) is 6.66. The molecular formula is C21H14N4O4S. The van der Waals surface area contributed by atoms with Crippen LogP contribution in [-0.2, 0) is 0 Å². The van der Waals surface area contributed by atoms with E-state index in [0.717, 1.165) is 26.4 Å². The van der Waals surface area contributed by atoms with Gasteiger partial charge in [-0.15, -0.1) is 16.4 Å². The number of fused-ring (bicyclic) bond motifs is 3. The van der Waals surface area contributed by atoms with E-state index in [1.165, 1.54) is 17.4 Å².